The molecule has 4 nitrogen and oxygen atoms in total. The second-order valence-corrected chi connectivity index (χ2v) is 3.16. The molecule has 1 aromatic carbocycles. The predicted molar refractivity (Wildman–Crippen MR) is 66.2 cm³/mol. The van der Waals surface area contributed by atoms with Crippen molar-refractivity contribution < 1.29 is 10.2 Å². The molecule has 1 aromatic rings. The summed E-state index contributed by atoms with van der Waals surface area (Å²) in [7, 11) is 0. The van der Waals surface area contributed by atoms with E-state index in [1.54, 1.807) is 12.4 Å². The van der Waals surface area contributed by atoms with Crippen LogP contribution in [-0.4, -0.2) is 35.9 Å². The Balaban J connectivity index is 2.54. The second kappa shape index (κ2) is 7.73. The van der Waals surface area contributed by atoms with Crippen molar-refractivity contribution in [2.75, 3.05) is 13.2 Å². The Hall–Kier alpha value is -1.52. The Morgan fingerprint density at radius 1 is 0.812 bits per heavy atom. The van der Waals surface area contributed by atoms with Crippen molar-refractivity contribution in [2.45, 2.75) is 12.8 Å². The predicted octanol–water partition coefficient (Wildman–Crippen LogP) is 1.86. The number of aliphatic hydroxyl groups is 2. The summed E-state index contributed by atoms with van der Waals surface area (Å²) in [5.74, 6) is 0. The molecule has 0 aliphatic carbocycles. The van der Waals surface area contributed by atoms with E-state index in [0.717, 1.165) is 11.4 Å². The average molecular weight is 220 g/mol. The van der Waals surface area contributed by atoms with Gasteiger partial charge in [0.2, 0.25) is 0 Å². The van der Waals surface area contributed by atoms with Gasteiger partial charge < -0.3 is 10.2 Å². The molecule has 1 rings (SSSR count). The van der Waals surface area contributed by atoms with Gasteiger partial charge in [-0.05, 0) is 24.3 Å². The van der Waals surface area contributed by atoms with E-state index in [1.165, 1.54) is 0 Å². The van der Waals surface area contributed by atoms with Crippen molar-refractivity contribution in [2.24, 2.45) is 9.98 Å². The highest BCUT2D eigenvalue weighted by atomic mass is 16.3. The molecule has 0 radical (unpaired) electrons. The zero-order valence-electron chi connectivity index (χ0n) is 9.08. The highest BCUT2D eigenvalue weighted by Crippen LogP contribution is 2.17. The van der Waals surface area contributed by atoms with E-state index >= 15 is 0 Å². The van der Waals surface area contributed by atoms with Crippen LogP contribution in [0.4, 0.5) is 11.4 Å². The van der Waals surface area contributed by atoms with E-state index in [9.17, 15) is 0 Å². The monoisotopic (exact) mass is 220 g/mol. The molecule has 4 heteroatoms. The summed E-state index contributed by atoms with van der Waals surface area (Å²) >= 11 is 0. The van der Waals surface area contributed by atoms with Crippen LogP contribution in [0.3, 0.4) is 0 Å². The summed E-state index contributed by atoms with van der Waals surface area (Å²) in [6.45, 7) is 0.236. The molecule has 0 aliphatic heterocycles. The zero-order valence-corrected chi connectivity index (χ0v) is 9.08. The molecule has 0 saturated heterocycles. The number of benzene rings is 1. The Kier molecular flexibility index (Phi) is 6.06. The maximum absolute atomic E-state index is 8.58. The molecule has 0 fully saturated rings. The van der Waals surface area contributed by atoms with E-state index < -0.39 is 0 Å². The molecule has 0 aromatic heterocycles. The maximum atomic E-state index is 8.58. The van der Waals surface area contributed by atoms with Crippen molar-refractivity contribution in [1.29, 1.82) is 0 Å². The summed E-state index contributed by atoms with van der Waals surface area (Å²) in [6.07, 6.45) is 4.50. The number of aliphatic imine (C=N–C) groups is 2. The van der Waals surface area contributed by atoms with Crippen molar-refractivity contribution in [3.63, 3.8) is 0 Å². The lowest BCUT2D eigenvalue weighted by Gasteiger charge is -1.95. The van der Waals surface area contributed by atoms with Crippen LogP contribution < -0.4 is 0 Å². The minimum absolute atomic E-state index is 0.118. The molecule has 0 heterocycles. The summed E-state index contributed by atoms with van der Waals surface area (Å²) in [5, 5.41) is 17.2. The fourth-order valence-corrected chi connectivity index (χ4v) is 1.08. The van der Waals surface area contributed by atoms with Crippen LogP contribution in [0.15, 0.2) is 34.3 Å². The van der Waals surface area contributed by atoms with Crippen LogP contribution >= 0.6 is 0 Å². The first-order valence-electron chi connectivity index (χ1n) is 5.23. The van der Waals surface area contributed by atoms with E-state index in [-0.39, 0.29) is 13.2 Å². The first-order chi connectivity index (χ1) is 7.86. The standard InChI is InChI=1S/C12H16N2O2/c15-9-1-7-13-11-3-5-12(6-4-11)14-8-2-10-16/h3-8,15-16H,1-2,9-10H2. The normalized spacial score (nSPS) is 11.6. The van der Waals surface area contributed by atoms with Crippen molar-refractivity contribution in [3.05, 3.63) is 24.3 Å². The highest BCUT2D eigenvalue weighted by molar-refractivity contribution is 5.66. The lowest BCUT2D eigenvalue weighted by Crippen LogP contribution is -1.82. The Bertz CT molecular complexity index is 310. The molecule has 0 bridgehead atoms. The number of rotatable bonds is 6. The van der Waals surface area contributed by atoms with Gasteiger partial charge in [0.05, 0.1) is 11.4 Å². The fraction of sp³-hybridized carbons (Fsp3) is 0.333. The lowest BCUT2D eigenvalue weighted by molar-refractivity contribution is 0.308. The molecule has 0 spiro atoms. The Labute approximate surface area is 95.0 Å². The SMILES string of the molecule is OCCC=Nc1ccc(N=CCCO)cc1. The van der Waals surface area contributed by atoms with Crippen LogP contribution in [0.1, 0.15) is 12.8 Å². The number of hydrogen-bond donors (Lipinski definition) is 2. The van der Waals surface area contributed by atoms with Crippen molar-refractivity contribution >= 4 is 23.8 Å². The third kappa shape index (κ3) is 4.82. The number of aliphatic hydroxyl groups excluding tert-OH is 2. The van der Waals surface area contributed by atoms with Gasteiger partial charge in [-0.15, -0.1) is 0 Å². The Morgan fingerprint density at radius 2 is 1.19 bits per heavy atom. The first-order valence-corrected chi connectivity index (χ1v) is 5.23. The van der Waals surface area contributed by atoms with Gasteiger partial charge in [-0.25, -0.2) is 0 Å². The van der Waals surface area contributed by atoms with E-state index in [2.05, 4.69) is 9.98 Å². The van der Waals surface area contributed by atoms with Crippen LogP contribution in [0.25, 0.3) is 0 Å². The molecule has 0 unspecified atom stereocenters. The van der Waals surface area contributed by atoms with Gasteiger partial charge in [-0.3, -0.25) is 9.98 Å². The smallest absolute Gasteiger partial charge is 0.0627 e. The minimum atomic E-state index is 0.118. The lowest BCUT2D eigenvalue weighted by atomic mass is 10.3. The number of nitrogens with zero attached hydrogens (tertiary/aromatic N) is 2. The van der Waals surface area contributed by atoms with Gasteiger partial charge in [0.25, 0.3) is 0 Å². The van der Waals surface area contributed by atoms with Crippen LogP contribution in [-0.2, 0) is 0 Å². The molecule has 0 atom stereocenters. The molecule has 0 saturated carbocycles. The van der Waals surface area contributed by atoms with Gasteiger partial charge in [0.1, 0.15) is 0 Å². The number of hydrogen-bond acceptors (Lipinski definition) is 4. The summed E-state index contributed by atoms with van der Waals surface area (Å²) < 4.78 is 0. The van der Waals surface area contributed by atoms with Crippen LogP contribution in [0.5, 0.6) is 0 Å². The van der Waals surface area contributed by atoms with Crippen molar-refractivity contribution in [3.8, 4) is 0 Å². The summed E-state index contributed by atoms with van der Waals surface area (Å²) in [5.41, 5.74) is 1.68. The van der Waals surface area contributed by atoms with Crippen molar-refractivity contribution in [1.82, 2.24) is 0 Å². The van der Waals surface area contributed by atoms with Gasteiger partial charge in [0.15, 0.2) is 0 Å². The molecular weight excluding hydrogens is 204 g/mol. The first kappa shape index (κ1) is 12.5. The molecule has 0 amide bonds. The largest absolute Gasteiger partial charge is 0.396 e. The van der Waals surface area contributed by atoms with E-state index in [1.807, 2.05) is 24.3 Å². The fourth-order valence-electron chi connectivity index (χ4n) is 1.08. The summed E-state index contributed by atoms with van der Waals surface area (Å²) in [4.78, 5) is 8.31. The Morgan fingerprint density at radius 3 is 1.50 bits per heavy atom. The molecular formula is C12H16N2O2. The molecule has 16 heavy (non-hydrogen) atoms. The maximum Gasteiger partial charge on any atom is 0.0627 e. The third-order valence-electron chi connectivity index (χ3n) is 1.85. The van der Waals surface area contributed by atoms with E-state index in [0.29, 0.717) is 12.8 Å². The van der Waals surface area contributed by atoms with Crippen LogP contribution in [0.2, 0.25) is 0 Å². The molecule has 86 valence electrons. The van der Waals surface area contributed by atoms with Gasteiger partial charge in [-0.1, -0.05) is 0 Å². The van der Waals surface area contributed by atoms with Crippen LogP contribution in [0, 0.1) is 0 Å². The van der Waals surface area contributed by atoms with Gasteiger partial charge in [-0.2, -0.15) is 0 Å². The second-order valence-electron chi connectivity index (χ2n) is 3.16. The minimum Gasteiger partial charge on any atom is -0.396 e. The summed E-state index contributed by atoms with van der Waals surface area (Å²) in [6, 6.07) is 7.44. The van der Waals surface area contributed by atoms with E-state index in [4.69, 9.17) is 10.2 Å². The average Bonchev–Trinajstić information content (AvgIpc) is 2.32. The quantitative estimate of drug-likeness (QED) is 0.718. The highest BCUT2D eigenvalue weighted by Gasteiger charge is 1.89. The molecule has 0 aliphatic rings. The third-order valence-corrected chi connectivity index (χ3v) is 1.85. The topological polar surface area (TPSA) is 65.2 Å². The molecule has 2 N–H and O–H groups in total. The van der Waals surface area contributed by atoms with Gasteiger partial charge in [0, 0.05) is 38.5 Å². The van der Waals surface area contributed by atoms with Gasteiger partial charge >= 0.3 is 0 Å². The zero-order chi connectivity index (χ0) is 11.6.